The van der Waals surface area contributed by atoms with Crippen LogP contribution >= 0.6 is 0 Å². The molecule has 2 rings (SSSR count). The van der Waals surface area contributed by atoms with Crippen molar-refractivity contribution in [1.82, 2.24) is 14.9 Å². The van der Waals surface area contributed by atoms with Crippen LogP contribution in [0.3, 0.4) is 0 Å². The highest BCUT2D eigenvalue weighted by Gasteiger charge is 2.18. The summed E-state index contributed by atoms with van der Waals surface area (Å²) in [6.45, 7) is -0.476. The van der Waals surface area contributed by atoms with E-state index in [2.05, 4.69) is 15.9 Å². The molecule has 6 nitrogen and oxygen atoms in total. The van der Waals surface area contributed by atoms with Crippen LogP contribution in [-0.4, -0.2) is 44.9 Å². The first-order valence-electron chi connectivity index (χ1n) is 5.49. The van der Waals surface area contributed by atoms with Gasteiger partial charge in [0.25, 0.3) is 5.91 Å². The molecule has 1 aromatic heterocycles. The zero-order valence-electron chi connectivity index (χ0n) is 9.96. The number of carboxylic acids is 1. The number of H-pyrrole nitrogens is 1. The Morgan fingerprint density at radius 2 is 2.26 bits per heavy atom. The monoisotopic (exact) mass is 257 g/mol. The van der Waals surface area contributed by atoms with Crippen LogP contribution < -0.4 is 0 Å². The Morgan fingerprint density at radius 1 is 1.47 bits per heavy atom. The average molecular weight is 257 g/mol. The molecule has 0 radical (unpaired) electrons. The number of carbonyl (C=O) groups excluding carboxylic acids is 1. The van der Waals surface area contributed by atoms with Crippen LogP contribution in [0.1, 0.15) is 10.4 Å². The van der Waals surface area contributed by atoms with Gasteiger partial charge in [0.1, 0.15) is 6.54 Å². The molecule has 19 heavy (non-hydrogen) atoms. The van der Waals surface area contributed by atoms with Crippen LogP contribution in [-0.2, 0) is 4.79 Å². The van der Waals surface area contributed by atoms with E-state index in [4.69, 9.17) is 11.5 Å². The first-order chi connectivity index (χ1) is 9.11. The Hall–Kier alpha value is -2.81. The number of carboxylic acid groups (broad SMARTS) is 1. The first kappa shape index (κ1) is 12.6. The largest absolute Gasteiger partial charge is 0.480 e. The van der Waals surface area contributed by atoms with Crippen LogP contribution in [0.15, 0.2) is 24.5 Å². The molecule has 0 aliphatic rings. The SMILES string of the molecule is C#CCN(CC(=O)O)C(=O)c1ccc2nc[nH]c2c1. The predicted octanol–water partition coefficient (Wildman–Crippen LogP) is 0.723. The van der Waals surface area contributed by atoms with Gasteiger partial charge in [-0.25, -0.2) is 4.98 Å². The second-order valence-electron chi connectivity index (χ2n) is 3.89. The van der Waals surface area contributed by atoms with Crippen molar-refractivity contribution in [1.29, 1.82) is 0 Å². The summed E-state index contributed by atoms with van der Waals surface area (Å²) in [5.41, 5.74) is 1.81. The number of aliphatic carboxylic acids is 1. The van der Waals surface area contributed by atoms with Gasteiger partial charge >= 0.3 is 5.97 Å². The number of aromatic nitrogens is 2. The summed E-state index contributed by atoms with van der Waals surface area (Å²) in [4.78, 5) is 30.9. The smallest absolute Gasteiger partial charge is 0.323 e. The molecular weight excluding hydrogens is 246 g/mol. The van der Waals surface area contributed by atoms with E-state index >= 15 is 0 Å². The summed E-state index contributed by atoms with van der Waals surface area (Å²) < 4.78 is 0. The number of benzene rings is 1. The highest BCUT2D eigenvalue weighted by Crippen LogP contribution is 2.13. The number of rotatable bonds is 4. The third kappa shape index (κ3) is 2.72. The summed E-state index contributed by atoms with van der Waals surface area (Å²) in [5, 5.41) is 8.77. The Labute approximate surface area is 109 Å². The number of amides is 1. The number of imidazole rings is 1. The number of nitrogens with one attached hydrogen (secondary N) is 1. The number of terminal acetylenes is 1. The molecular formula is C13H11N3O3. The molecule has 0 fully saturated rings. The molecule has 1 aromatic carbocycles. The van der Waals surface area contributed by atoms with Crippen LogP contribution in [0.5, 0.6) is 0 Å². The molecule has 0 saturated carbocycles. The number of carbonyl (C=O) groups is 2. The summed E-state index contributed by atoms with van der Waals surface area (Å²) in [6.07, 6.45) is 6.67. The Bertz CT molecular complexity index is 669. The third-order valence-corrected chi connectivity index (χ3v) is 2.56. The molecule has 2 aromatic rings. The van der Waals surface area contributed by atoms with E-state index in [1.54, 1.807) is 18.2 Å². The molecule has 1 amide bonds. The maximum atomic E-state index is 12.2. The van der Waals surface area contributed by atoms with Crippen LogP contribution in [0.25, 0.3) is 11.0 Å². The van der Waals surface area contributed by atoms with Crippen molar-refractivity contribution >= 4 is 22.9 Å². The Morgan fingerprint density at radius 3 is 2.95 bits per heavy atom. The Balaban J connectivity index is 2.29. The summed E-state index contributed by atoms with van der Waals surface area (Å²) in [5.74, 6) is 0.753. The number of hydrogen-bond donors (Lipinski definition) is 2. The molecule has 0 unspecified atom stereocenters. The van der Waals surface area contributed by atoms with Gasteiger partial charge in [-0.05, 0) is 18.2 Å². The van der Waals surface area contributed by atoms with Gasteiger partial charge in [-0.1, -0.05) is 5.92 Å². The van der Waals surface area contributed by atoms with Gasteiger partial charge in [0, 0.05) is 5.56 Å². The standard InChI is InChI=1S/C13H11N3O3/c1-2-5-16(7-12(17)18)13(19)9-3-4-10-11(6-9)15-8-14-10/h1,3-4,6,8H,5,7H2,(H,14,15)(H,17,18). The minimum atomic E-state index is -1.11. The number of nitrogens with zero attached hydrogens (tertiary/aromatic N) is 2. The van der Waals surface area contributed by atoms with Crippen LogP contribution in [0, 0.1) is 12.3 Å². The fraction of sp³-hybridized carbons (Fsp3) is 0.154. The number of hydrogen-bond acceptors (Lipinski definition) is 3. The van der Waals surface area contributed by atoms with Crippen molar-refractivity contribution < 1.29 is 14.7 Å². The average Bonchev–Trinajstić information content (AvgIpc) is 2.84. The van der Waals surface area contributed by atoms with E-state index in [1.807, 2.05) is 0 Å². The molecule has 0 saturated heterocycles. The van der Waals surface area contributed by atoms with Gasteiger partial charge in [0.15, 0.2) is 0 Å². The second kappa shape index (κ2) is 5.23. The Kier molecular flexibility index (Phi) is 3.48. The van der Waals surface area contributed by atoms with Crippen molar-refractivity contribution in [2.24, 2.45) is 0 Å². The third-order valence-electron chi connectivity index (χ3n) is 2.56. The fourth-order valence-corrected chi connectivity index (χ4v) is 1.72. The zero-order chi connectivity index (χ0) is 13.8. The topological polar surface area (TPSA) is 86.3 Å². The number of aromatic amines is 1. The van der Waals surface area contributed by atoms with Crippen molar-refractivity contribution in [3.05, 3.63) is 30.1 Å². The second-order valence-corrected chi connectivity index (χ2v) is 3.89. The van der Waals surface area contributed by atoms with Gasteiger partial charge in [0.05, 0.1) is 23.9 Å². The van der Waals surface area contributed by atoms with Gasteiger partial charge in [0.2, 0.25) is 0 Å². The molecule has 1 heterocycles. The van der Waals surface area contributed by atoms with Crippen molar-refractivity contribution in [2.45, 2.75) is 0 Å². The van der Waals surface area contributed by atoms with Gasteiger partial charge in [-0.15, -0.1) is 6.42 Å². The van der Waals surface area contributed by atoms with Crippen LogP contribution in [0.4, 0.5) is 0 Å². The van der Waals surface area contributed by atoms with Crippen molar-refractivity contribution in [2.75, 3.05) is 13.1 Å². The molecule has 96 valence electrons. The van der Waals surface area contributed by atoms with Crippen LogP contribution in [0.2, 0.25) is 0 Å². The van der Waals surface area contributed by atoms with E-state index in [0.717, 1.165) is 10.4 Å². The minimum Gasteiger partial charge on any atom is -0.480 e. The minimum absolute atomic E-state index is 0.0495. The van der Waals surface area contributed by atoms with Gasteiger partial charge in [-0.3, -0.25) is 9.59 Å². The summed E-state index contributed by atoms with van der Waals surface area (Å²) in [6, 6.07) is 4.90. The molecule has 0 aliphatic carbocycles. The van der Waals surface area contributed by atoms with E-state index in [1.165, 1.54) is 6.33 Å². The lowest BCUT2D eigenvalue weighted by Crippen LogP contribution is -2.35. The van der Waals surface area contributed by atoms with E-state index in [9.17, 15) is 9.59 Å². The predicted molar refractivity (Wildman–Crippen MR) is 68.5 cm³/mol. The maximum Gasteiger partial charge on any atom is 0.323 e. The van der Waals surface area contributed by atoms with E-state index in [-0.39, 0.29) is 6.54 Å². The fourth-order valence-electron chi connectivity index (χ4n) is 1.72. The quantitative estimate of drug-likeness (QED) is 0.790. The number of fused-ring (bicyclic) bond motifs is 1. The molecule has 0 atom stereocenters. The molecule has 0 bridgehead atoms. The molecule has 6 heteroatoms. The highest BCUT2D eigenvalue weighted by molar-refractivity contribution is 5.98. The van der Waals surface area contributed by atoms with E-state index < -0.39 is 18.4 Å². The molecule has 2 N–H and O–H groups in total. The van der Waals surface area contributed by atoms with Gasteiger partial charge < -0.3 is 15.0 Å². The van der Waals surface area contributed by atoms with Gasteiger partial charge in [-0.2, -0.15) is 0 Å². The van der Waals surface area contributed by atoms with Crippen molar-refractivity contribution in [3.8, 4) is 12.3 Å². The zero-order valence-corrected chi connectivity index (χ0v) is 9.96. The lowest BCUT2D eigenvalue weighted by atomic mass is 10.1. The van der Waals surface area contributed by atoms with Crippen molar-refractivity contribution in [3.63, 3.8) is 0 Å². The highest BCUT2D eigenvalue weighted by atomic mass is 16.4. The maximum absolute atomic E-state index is 12.2. The lowest BCUT2D eigenvalue weighted by Gasteiger charge is -2.17. The lowest BCUT2D eigenvalue weighted by molar-refractivity contribution is -0.137. The summed E-state index contributed by atoms with van der Waals surface area (Å²) in [7, 11) is 0. The molecule has 0 aliphatic heterocycles. The molecule has 0 spiro atoms. The normalized spacial score (nSPS) is 10.1. The summed E-state index contributed by atoms with van der Waals surface area (Å²) >= 11 is 0. The van der Waals surface area contributed by atoms with E-state index in [0.29, 0.717) is 11.1 Å². The first-order valence-corrected chi connectivity index (χ1v) is 5.49.